The first kappa shape index (κ1) is 17.8. The van der Waals surface area contributed by atoms with Crippen molar-refractivity contribution >= 4 is 49.8 Å². The number of carbonyl (C=O) groups excluding carboxylic acids is 1. The van der Waals surface area contributed by atoms with Gasteiger partial charge in [0.2, 0.25) is 5.91 Å². The second-order valence-corrected chi connectivity index (χ2v) is 8.41. The molecule has 0 unspecified atom stereocenters. The molecule has 130 valence electrons. The molecule has 2 aromatic heterocycles. The van der Waals surface area contributed by atoms with E-state index in [0.29, 0.717) is 17.8 Å². The molecule has 5 nitrogen and oxygen atoms in total. The molecule has 1 N–H and O–H groups in total. The Hall–Kier alpha value is -1.96. The summed E-state index contributed by atoms with van der Waals surface area (Å²) in [5, 5.41) is 3.57. The van der Waals surface area contributed by atoms with Crippen molar-refractivity contribution in [3.05, 3.63) is 61.0 Å². The molecular weight excluding hydrogens is 404 g/mol. The molecule has 0 bridgehead atoms. The van der Waals surface area contributed by atoms with E-state index in [1.165, 1.54) is 17.9 Å². The molecule has 0 aliphatic rings. The van der Waals surface area contributed by atoms with Crippen molar-refractivity contribution in [3.63, 3.8) is 0 Å². The summed E-state index contributed by atoms with van der Waals surface area (Å²) in [6.07, 6.45) is 0. The highest BCUT2D eigenvalue weighted by Gasteiger charge is 2.10. The molecule has 0 fully saturated rings. The highest BCUT2D eigenvalue weighted by molar-refractivity contribution is 9.11. The first-order chi connectivity index (χ1) is 11.9. The quantitative estimate of drug-likeness (QED) is 0.627. The SMILES string of the molecule is CC(=O)Nc1ccc2c(CN(C)Cc3ccc(Br)s3)cc(=O)oc2c1. The van der Waals surface area contributed by atoms with E-state index < -0.39 is 5.63 Å². The van der Waals surface area contributed by atoms with Crippen molar-refractivity contribution < 1.29 is 9.21 Å². The fraction of sp³-hybridized carbons (Fsp3) is 0.222. The second-order valence-electron chi connectivity index (χ2n) is 5.86. The van der Waals surface area contributed by atoms with Gasteiger partial charge in [0.25, 0.3) is 0 Å². The van der Waals surface area contributed by atoms with Gasteiger partial charge in [0.05, 0.1) is 3.79 Å². The smallest absolute Gasteiger partial charge is 0.336 e. The Morgan fingerprint density at radius 1 is 1.24 bits per heavy atom. The Balaban J connectivity index is 1.87. The summed E-state index contributed by atoms with van der Waals surface area (Å²) in [6.45, 7) is 2.85. The number of anilines is 1. The average molecular weight is 421 g/mol. The minimum Gasteiger partial charge on any atom is -0.423 e. The van der Waals surface area contributed by atoms with Gasteiger partial charge in [-0.2, -0.15) is 0 Å². The normalized spacial score (nSPS) is 11.2. The van der Waals surface area contributed by atoms with Crippen LogP contribution in [0.4, 0.5) is 5.69 Å². The maximum absolute atomic E-state index is 11.9. The molecule has 0 saturated heterocycles. The molecule has 1 aromatic carbocycles. The van der Waals surface area contributed by atoms with Crippen LogP contribution in [-0.2, 0) is 17.9 Å². The Kier molecular flexibility index (Phi) is 5.36. The third-order valence-electron chi connectivity index (χ3n) is 3.65. The first-order valence-electron chi connectivity index (χ1n) is 7.68. The number of carbonyl (C=O) groups is 1. The molecule has 25 heavy (non-hydrogen) atoms. The van der Waals surface area contributed by atoms with Crippen molar-refractivity contribution in [2.24, 2.45) is 0 Å². The Morgan fingerprint density at radius 2 is 2.04 bits per heavy atom. The first-order valence-corrected chi connectivity index (χ1v) is 9.29. The Bertz CT molecular complexity index is 980. The van der Waals surface area contributed by atoms with E-state index in [0.717, 1.165) is 21.3 Å². The average Bonchev–Trinajstić information content (AvgIpc) is 2.90. The van der Waals surface area contributed by atoms with Crippen LogP contribution < -0.4 is 10.9 Å². The largest absolute Gasteiger partial charge is 0.423 e. The van der Waals surface area contributed by atoms with Crippen LogP contribution in [0.1, 0.15) is 17.4 Å². The lowest BCUT2D eigenvalue weighted by Gasteiger charge is -2.16. The summed E-state index contributed by atoms with van der Waals surface area (Å²) in [7, 11) is 2.01. The lowest BCUT2D eigenvalue weighted by atomic mass is 10.1. The summed E-state index contributed by atoms with van der Waals surface area (Å²) < 4.78 is 6.40. The van der Waals surface area contributed by atoms with Gasteiger partial charge < -0.3 is 9.73 Å². The number of rotatable bonds is 5. The number of nitrogens with zero attached hydrogens (tertiary/aromatic N) is 1. The number of benzene rings is 1. The fourth-order valence-electron chi connectivity index (χ4n) is 2.69. The van der Waals surface area contributed by atoms with E-state index in [1.54, 1.807) is 17.4 Å². The van der Waals surface area contributed by atoms with Crippen LogP contribution in [0.2, 0.25) is 0 Å². The van der Waals surface area contributed by atoms with Gasteiger partial charge in [-0.1, -0.05) is 0 Å². The molecule has 3 rings (SSSR count). The van der Waals surface area contributed by atoms with E-state index >= 15 is 0 Å². The van der Waals surface area contributed by atoms with Crippen LogP contribution in [0.3, 0.4) is 0 Å². The standard InChI is InChI=1S/C18H17BrN2O3S/c1-11(22)20-13-3-5-15-12(7-18(23)24-16(15)8-13)9-21(2)10-14-4-6-17(19)25-14/h3-8H,9-10H2,1-2H3,(H,20,22). The fourth-order valence-corrected chi connectivity index (χ4v) is 4.25. The molecule has 2 heterocycles. The van der Waals surface area contributed by atoms with Crippen LogP contribution in [-0.4, -0.2) is 17.9 Å². The van der Waals surface area contributed by atoms with Crippen molar-refractivity contribution in [1.29, 1.82) is 0 Å². The molecule has 3 aromatic rings. The van der Waals surface area contributed by atoms with Gasteiger partial charge in [0.15, 0.2) is 0 Å². The number of nitrogens with one attached hydrogen (secondary N) is 1. The summed E-state index contributed by atoms with van der Waals surface area (Å²) in [5.74, 6) is -0.167. The second kappa shape index (κ2) is 7.51. The zero-order chi connectivity index (χ0) is 18.0. The van der Waals surface area contributed by atoms with E-state index in [1.807, 2.05) is 25.2 Å². The molecule has 0 atom stereocenters. The number of halogens is 1. The van der Waals surface area contributed by atoms with E-state index in [4.69, 9.17) is 4.42 Å². The molecule has 0 spiro atoms. The zero-order valence-electron chi connectivity index (χ0n) is 13.8. The number of hydrogen-bond donors (Lipinski definition) is 1. The Labute approximate surface area is 157 Å². The third-order valence-corrected chi connectivity index (χ3v) is 5.25. The number of amides is 1. The molecule has 7 heteroatoms. The lowest BCUT2D eigenvalue weighted by Crippen LogP contribution is -2.18. The van der Waals surface area contributed by atoms with Crippen molar-refractivity contribution in [1.82, 2.24) is 4.90 Å². The highest BCUT2D eigenvalue weighted by atomic mass is 79.9. The molecular formula is C18H17BrN2O3S. The topological polar surface area (TPSA) is 62.6 Å². The van der Waals surface area contributed by atoms with Gasteiger partial charge in [0.1, 0.15) is 5.58 Å². The third kappa shape index (κ3) is 4.56. The summed E-state index contributed by atoms with van der Waals surface area (Å²) in [6, 6.07) is 11.0. The van der Waals surface area contributed by atoms with Gasteiger partial charge in [0, 0.05) is 48.1 Å². The van der Waals surface area contributed by atoms with Crippen molar-refractivity contribution in [3.8, 4) is 0 Å². The number of fused-ring (bicyclic) bond motifs is 1. The van der Waals surface area contributed by atoms with Gasteiger partial charge in [-0.15, -0.1) is 11.3 Å². The zero-order valence-corrected chi connectivity index (χ0v) is 16.2. The predicted octanol–water partition coefficient (Wildman–Crippen LogP) is 4.21. The maximum atomic E-state index is 11.9. The van der Waals surface area contributed by atoms with Gasteiger partial charge in [-0.3, -0.25) is 9.69 Å². The number of thiophene rings is 1. The lowest BCUT2D eigenvalue weighted by molar-refractivity contribution is -0.114. The molecule has 0 aliphatic carbocycles. The minimum atomic E-state index is -0.394. The maximum Gasteiger partial charge on any atom is 0.336 e. The van der Waals surface area contributed by atoms with Crippen LogP contribution in [0.15, 0.2) is 49.4 Å². The highest BCUT2D eigenvalue weighted by Crippen LogP contribution is 2.25. The molecule has 0 aliphatic heterocycles. The van der Waals surface area contributed by atoms with Gasteiger partial charge in [-0.05, 0) is 52.8 Å². The predicted molar refractivity (Wildman–Crippen MR) is 104 cm³/mol. The Morgan fingerprint density at radius 3 is 2.72 bits per heavy atom. The molecule has 0 radical (unpaired) electrons. The summed E-state index contributed by atoms with van der Waals surface area (Å²) >= 11 is 5.17. The molecule has 0 saturated carbocycles. The number of hydrogen-bond acceptors (Lipinski definition) is 5. The summed E-state index contributed by atoms with van der Waals surface area (Å²) in [5.41, 5.74) is 1.59. The van der Waals surface area contributed by atoms with Crippen LogP contribution in [0.5, 0.6) is 0 Å². The van der Waals surface area contributed by atoms with E-state index in [-0.39, 0.29) is 5.91 Å². The van der Waals surface area contributed by atoms with Gasteiger partial charge in [-0.25, -0.2) is 4.79 Å². The van der Waals surface area contributed by atoms with E-state index in [9.17, 15) is 9.59 Å². The van der Waals surface area contributed by atoms with Crippen LogP contribution >= 0.6 is 27.3 Å². The minimum absolute atomic E-state index is 0.167. The monoisotopic (exact) mass is 420 g/mol. The summed E-state index contributed by atoms with van der Waals surface area (Å²) in [4.78, 5) is 26.5. The van der Waals surface area contributed by atoms with Gasteiger partial charge >= 0.3 is 5.63 Å². The van der Waals surface area contributed by atoms with Crippen LogP contribution in [0.25, 0.3) is 11.0 Å². The molecule has 1 amide bonds. The van der Waals surface area contributed by atoms with E-state index in [2.05, 4.69) is 32.2 Å². The van der Waals surface area contributed by atoms with Crippen molar-refractivity contribution in [2.45, 2.75) is 20.0 Å². The van der Waals surface area contributed by atoms with Crippen molar-refractivity contribution in [2.75, 3.05) is 12.4 Å². The van der Waals surface area contributed by atoms with Crippen LogP contribution in [0, 0.1) is 0 Å².